The molecular weight excluding hydrogens is 216 g/mol. The average molecular weight is 238 g/mol. The lowest BCUT2D eigenvalue weighted by Gasteiger charge is -2.07. The number of unbranched alkanes of at least 4 members (excludes halogenated alkanes) is 1. The summed E-state index contributed by atoms with van der Waals surface area (Å²) < 4.78 is 5.47. The summed E-state index contributed by atoms with van der Waals surface area (Å²) in [5.41, 5.74) is 0. The summed E-state index contributed by atoms with van der Waals surface area (Å²) in [4.78, 5) is 8.31. The lowest BCUT2D eigenvalue weighted by molar-refractivity contribution is 0.131. The fourth-order valence-electron chi connectivity index (χ4n) is 1.32. The average Bonchev–Trinajstić information content (AvgIpc) is 2.38. The van der Waals surface area contributed by atoms with E-state index < -0.39 is 0 Å². The van der Waals surface area contributed by atoms with Gasteiger partial charge in [-0.1, -0.05) is 13.3 Å². The second-order valence-electron chi connectivity index (χ2n) is 3.76. The summed E-state index contributed by atoms with van der Waals surface area (Å²) >= 11 is 0. The van der Waals surface area contributed by atoms with Crippen LogP contribution in [0, 0.1) is 0 Å². The van der Waals surface area contributed by atoms with Crippen LogP contribution in [0.5, 0.6) is 0 Å². The molecule has 1 heterocycles. The van der Waals surface area contributed by atoms with Gasteiger partial charge in [-0.05, 0) is 18.9 Å². The highest BCUT2D eigenvalue weighted by Gasteiger charge is 1.96. The molecule has 0 saturated carbocycles. The molecule has 0 aliphatic carbocycles. The van der Waals surface area contributed by atoms with E-state index in [1.165, 1.54) is 6.42 Å². The Morgan fingerprint density at radius 3 is 2.88 bits per heavy atom. The summed E-state index contributed by atoms with van der Waals surface area (Å²) in [7, 11) is 1.81. The first-order valence-electron chi connectivity index (χ1n) is 6.19. The van der Waals surface area contributed by atoms with E-state index in [2.05, 4.69) is 27.5 Å². The van der Waals surface area contributed by atoms with E-state index in [9.17, 15) is 0 Å². The summed E-state index contributed by atoms with van der Waals surface area (Å²) in [5.74, 6) is 1.48. The van der Waals surface area contributed by atoms with Crippen molar-refractivity contribution in [2.75, 3.05) is 37.4 Å². The van der Waals surface area contributed by atoms with E-state index >= 15 is 0 Å². The van der Waals surface area contributed by atoms with Gasteiger partial charge in [-0.3, -0.25) is 0 Å². The minimum absolute atomic E-state index is 0.634. The minimum Gasteiger partial charge on any atom is -0.381 e. The molecule has 5 nitrogen and oxygen atoms in total. The Balaban J connectivity index is 2.09. The molecule has 96 valence electrons. The Kier molecular flexibility index (Phi) is 7.06. The lowest BCUT2D eigenvalue weighted by Crippen LogP contribution is -2.08. The van der Waals surface area contributed by atoms with Crippen molar-refractivity contribution in [3.63, 3.8) is 0 Å². The van der Waals surface area contributed by atoms with Gasteiger partial charge in [0.25, 0.3) is 0 Å². The first-order valence-corrected chi connectivity index (χ1v) is 6.19. The molecule has 0 aliphatic rings. The van der Waals surface area contributed by atoms with Crippen LogP contribution in [0.4, 0.5) is 11.8 Å². The molecule has 0 amide bonds. The van der Waals surface area contributed by atoms with Gasteiger partial charge >= 0.3 is 0 Å². The zero-order chi connectivity index (χ0) is 12.3. The van der Waals surface area contributed by atoms with Crippen LogP contribution in [0.25, 0.3) is 0 Å². The maximum absolute atomic E-state index is 5.47. The van der Waals surface area contributed by atoms with E-state index in [-0.39, 0.29) is 0 Å². The molecule has 1 rings (SSSR count). The predicted molar refractivity (Wildman–Crippen MR) is 70.4 cm³/mol. The van der Waals surface area contributed by atoms with Crippen molar-refractivity contribution in [1.29, 1.82) is 0 Å². The Bertz CT molecular complexity index is 306. The monoisotopic (exact) mass is 238 g/mol. The highest BCUT2D eigenvalue weighted by atomic mass is 16.5. The van der Waals surface area contributed by atoms with E-state index in [4.69, 9.17) is 4.74 Å². The predicted octanol–water partition coefficient (Wildman–Crippen LogP) is 2.14. The fourth-order valence-corrected chi connectivity index (χ4v) is 1.32. The number of ether oxygens (including phenoxy) is 1. The number of rotatable bonds is 9. The molecule has 0 unspecified atom stereocenters. The highest BCUT2D eigenvalue weighted by molar-refractivity contribution is 5.38. The van der Waals surface area contributed by atoms with Crippen LogP contribution in [-0.2, 0) is 4.74 Å². The van der Waals surface area contributed by atoms with Gasteiger partial charge in [0.2, 0.25) is 5.95 Å². The maximum Gasteiger partial charge on any atom is 0.224 e. The zero-order valence-corrected chi connectivity index (χ0v) is 10.7. The second kappa shape index (κ2) is 8.75. The van der Waals surface area contributed by atoms with Gasteiger partial charge in [0.1, 0.15) is 5.82 Å². The molecule has 0 spiro atoms. The lowest BCUT2D eigenvalue weighted by atomic mass is 10.3. The van der Waals surface area contributed by atoms with Gasteiger partial charge in [0, 0.05) is 33.0 Å². The fraction of sp³-hybridized carbons (Fsp3) is 0.667. The Morgan fingerprint density at radius 2 is 2.12 bits per heavy atom. The second-order valence-corrected chi connectivity index (χ2v) is 3.76. The molecule has 0 fully saturated rings. The molecule has 1 aromatic heterocycles. The van der Waals surface area contributed by atoms with Crippen molar-refractivity contribution in [3.8, 4) is 0 Å². The third-order valence-corrected chi connectivity index (χ3v) is 2.29. The van der Waals surface area contributed by atoms with Crippen LogP contribution in [0.3, 0.4) is 0 Å². The largest absolute Gasteiger partial charge is 0.381 e. The first-order chi connectivity index (χ1) is 8.36. The SMILES string of the molecule is CCCCOCCCNc1ccnc(NC)n1. The van der Waals surface area contributed by atoms with Crippen molar-refractivity contribution < 1.29 is 4.74 Å². The van der Waals surface area contributed by atoms with E-state index in [1.54, 1.807) is 13.2 Å². The first kappa shape index (κ1) is 13.7. The Hall–Kier alpha value is -1.36. The molecule has 0 bridgehead atoms. The van der Waals surface area contributed by atoms with E-state index in [1.807, 2.05) is 6.07 Å². The number of hydrogen-bond donors (Lipinski definition) is 2. The molecule has 0 radical (unpaired) electrons. The standard InChI is InChI=1S/C12H22N4O/c1-3-4-9-17-10-5-7-14-11-6-8-15-12(13-2)16-11/h6,8H,3-5,7,9-10H2,1-2H3,(H2,13,14,15,16). The molecule has 0 saturated heterocycles. The van der Waals surface area contributed by atoms with Crippen LogP contribution in [0.2, 0.25) is 0 Å². The molecule has 5 heteroatoms. The smallest absolute Gasteiger partial charge is 0.224 e. The van der Waals surface area contributed by atoms with Crippen LogP contribution >= 0.6 is 0 Å². The number of aromatic nitrogens is 2. The molecule has 17 heavy (non-hydrogen) atoms. The van der Waals surface area contributed by atoms with Gasteiger partial charge in [-0.15, -0.1) is 0 Å². The summed E-state index contributed by atoms with van der Waals surface area (Å²) in [6, 6.07) is 1.86. The van der Waals surface area contributed by atoms with Crippen molar-refractivity contribution >= 4 is 11.8 Å². The Labute approximate surface area is 103 Å². The molecule has 1 aromatic rings. The topological polar surface area (TPSA) is 59.1 Å². The maximum atomic E-state index is 5.47. The third-order valence-electron chi connectivity index (χ3n) is 2.29. The summed E-state index contributed by atoms with van der Waals surface area (Å²) in [5, 5.41) is 6.14. The van der Waals surface area contributed by atoms with Crippen molar-refractivity contribution in [3.05, 3.63) is 12.3 Å². The van der Waals surface area contributed by atoms with E-state index in [0.717, 1.165) is 38.4 Å². The quantitative estimate of drug-likeness (QED) is 0.645. The third kappa shape index (κ3) is 6.06. The van der Waals surface area contributed by atoms with Gasteiger partial charge in [-0.2, -0.15) is 4.98 Å². The van der Waals surface area contributed by atoms with Crippen LogP contribution < -0.4 is 10.6 Å². The van der Waals surface area contributed by atoms with Crippen LogP contribution in [-0.4, -0.2) is 36.8 Å². The highest BCUT2D eigenvalue weighted by Crippen LogP contribution is 2.04. The van der Waals surface area contributed by atoms with Gasteiger partial charge in [-0.25, -0.2) is 4.98 Å². The van der Waals surface area contributed by atoms with Crippen molar-refractivity contribution in [1.82, 2.24) is 9.97 Å². The number of nitrogens with zero attached hydrogens (tertiary/aromatic N) is 2. The van der Waals surface area contributed by atoms with Gasteiger partial charge < -0.3 is 15.4 Å². The van der Waals surface area contributed by atoms with Crippen molar-refractivity contribution in [2.24, 2.45) is 0 Å². The van der Waals surface area contributed by atoms with E-state index in [0.29, 0.717) is 5.95 Å². The van der Waals surface area contributed by atoms with Crippen LogP contribution in [0.1, 0.15) is 26.2 Å². The normalized spacial score (nSPS) is 10.2. The van der Waals surface area contributed by atoms with Crippen LogP contribution in [0.15, 0.2) is 12.3 Å². The zero-order valence-electron chi connectivity index (χ0n) is 10.7. The molecule has 0 aliphatic heterocycles. The number of hydrogen-bond acceptors (Lipinski definition) is 5. The molecular formula is C12H22N4O. The summed E-state index contributed by atoms with van der Waals surface area (Å²) in [6.07, 6.45) is 5.05. The summed E-state index contributed by atoms with van der Waals surface area (Å²) in [6.45, 7) is 4.70. The number of nitrogens with one attached hydrogen (secondary N) is 2. The van der Waals surface area contributed by atoms with Gasteiger partial charge in [0.05, 0.1) is 0 Å². The molecule has 0 atom stereocenters. The minimum atomic E-state index is 0.634. The molecule has 0 aromatic carbocycles. The number of anilines is 2. The van der Waals surface area contributed by atoms with Crippen molar-refractivity contribution in [2.45, 2.75) is 26.2 Å². The molecule has 2 N–H and O–H groups in total. The van der Waals surface area contributed by atoms with Gasteiger partial charge in [0.15, 0.2) is 0 Å². The Morgan fingerprint density at radius 1 is 1.29 bits per heavy atom.